The number of nitro groups is 1. The van der Waals surface area contributed by atoms with Crippen molar-refractivity contribution in [3.05, 3.63) is 16.3 Å². The van der Waals surface area contributed by atoms with E-state index in [-0.39, 0.29) is 24.1 Å². The van der Waals surface area contributed by atoms with Gasteiger partial charge in [-0.25, -0.2) is 4.98 Å². The molecule has 0 saturated heterocycles. The molecule has 0 atom stereocenters. The molecule has 0 aliphatic rings. The molecule has 0 aliphatic carbocycles. The van der Waals surface area contributed by atoms with Gasteiger partial charge in [0.2, 0.25) is 11.8 Å². The third kappa shape index (κ3) is 3.25. The summed E-state index contributed by atoms with van der Waals surface area (Å²) >= 11 is 0. The monoisotopic (exact) mass is 241 g/mol. The van der Waals surface area contributed by atoms with Crippen molar-refractivity contribution in [1.29, 1.82) is 0 Å². The van der Waals surface area contributed by atoms with Crippen LogP contribution in [0.2, 0.25) is 0 Å². The molecule has 0 aliphatic heterocycles. The second-order valence-corrected chi connectivity index (χ2v) is 3.35. The molecule has 1 heterocycles. The van der Waals surface area contributed by atoms with Crippen LogP contribution in [0.1, 0.15) is 13.3 Å². The van der Waals surface area contributed by atoms with E-state index in [1.165, 1.54) is 0 Å². The molecule has 1 rings (SSSR count). The Morgan fingerprint density at radius 3 is 2.88 bits per heavy atom. The summed E-state index contributed by atoms with van der Waals surface area (Å²) in [6.07, 6.45) is 1.61. The summed E-state index contributed by atoms with van der Waals surface area (Å²) in [5, 5.41) is 19.6. The van der Waals surface area contributed by atoms with Gasteiger partial charge in [-0.2, -0.15) is 4.98 Å². The molecule has 0 fully saturated rings. The number of rotatable bonds is 6. The molecular weight excluding hydrogens is 226 g/mol. The largest absolute Gasteiger partial charge is 0.396 e. The number of aliphatic hydroxyl groups excluding tert-OH is 1. The van der Waals surface area contributed by atoms with Crippen molar-refractivity contribution in [1.82, 2.24) is 9.97 Å². The number of nitrogen functional groups attached to an aromatic ring is 1. The highest BCUT2D eigenvalue weighted by Gasteiger charge is 2.21. The zero-order valence-electron chi connectivity index (χ0n) is 9.54. The first-order chi connectivity index (χ1) is 8.10. The fraction of sp³-hybridized carbons (Fsp3) is 0.556. The SMILES string of the molecule is CCN(CCCO)c1nc(N)ncc1[N+](=O)[O-]. The number of hydrogen-bond donors (Lipinski definition) is 2. The van der Waals surface area contributed by atoms with Gasteiger partial charge < -0.3 is 15.7 Å². The number of aromatic nitrogens is 2. The Morgan fingerprint density at radius 2 is 2.35 bits per heavy atom. The van der Waals surface area contributed by atoms with E-state index in [9.17, 15) is 10.1 Å². The van der Waals surface area contributed by atoms with Gasteiger partial charge in [-0.1, -0.05) is 0 Å². The van der Waals surface area contributed by atoms with Crippen LogP contribution in [0.3, 0.4) is 0 Å². The molecule has 8 heteroatoms. The zero-order chi connectivity index (χ0) is 12.8. The predicted octanol–water partition coefficient (Wildman–Crippen LogP) is 0.176. The van der Waals surface area contributed by atoms with E-state index in [4.69, 9.17) is 10.8 Å². The number of aliphatic hydroxyl groups is 1. The van der Waals surface area contributed by atoms with E-state index in [0.29, 0.717) is 19.5 Å². The molecule has 0 radical (unpaired) electrons. The fourth-order valence-electron chi connectivity index (χ4n) is 1.42. The fourth-order valence-corrected chi connectivity index (χ4v) is 1.42. The Labute approximate surface area is 98.2 Å². The third-order valence-electron chi connectivity index (χ3n) is 2.23. The summed E-state index contributed by atoms with van der Waals surface area (Å²) in [5.41, 5.74) is 5.25. The van der Waals surface area contributed by atoms with Gasteiger partial charge in [0, 0.05) is 19.7 Å². The van der Waals surface area contributed by atoms with Crippen molar-refractivity contribution in [2.75, 3.05) is 30.3 Å². The van der Waals surface area contributed by atoms with Gasteiger partial charge in [0.15, 0.2) is 0 Å². The lowest BCUT2D eigenvalue weighted by atomic mass is 10.3. The number of nitrogens with zero attached hydrogens (tertiary/aromatic N) is 4. The maximum atomic E-state index is 10.8. The minimum atomic E-state index is -0.545. The van der Waals surface area contributed by atoms with E-state index in [1.54, 1.807) is 4.90 Å². The summed E-state index contributed by atoms with van der Waals surface area (Å²) in [4.78, 5) is 19.5. The van der Waals surface area contributed by atoms with Crippen molar-refractivity contribution >= 4 is 17.5 Å². The maximum absolute atomic E-state index is 10.8. The Morgan fingerprint density at radius 1 is 1.65 bits per heavy atom. The second kappa shape index (κ2) is 5.94. The van der Waals surface area contributed by atoms with Gasteiger partial charge in [0.05, 0.1) is 4.92 Å². The molecule has 0 unspecified atom stereocenters. The maximum Gasteiger partial charge on any atom is 0.329 e. The summed E-state index contributed by atoms with van der Waals surface area (Å²) in [7, 11) is 0. The van der Waals surface area contributed by atoms with Crippen LogP contribution in [-0.2, 0) is 0 Å². The van der Waals surface area contributed by atoms with Crippen LogP contribution in [0, 0.1) is 10.1 Å². The third-order valence-corrected chi connectivity index (χ3v) is 2.23. The normalized spacial score (nSPS) is 10.2. The highest BCUT2D eigenvalue weighted by Crippen LogP contribution is 2.25. The summed E-state index contributed by atoms with van der Waals surface area (Å²) in [6, 6.07) is 0. The minimum Gasteiger partial charge on any atom is -0.396 e. The lowest BCUT2D eigenvalue weighted by Gasteiger charge is -2.20. The molecule has 0 amide bonds. The number of hydrogen-bond acceptors (Lipinski definition) is 7. The molecule has 0 bridgehead atoms. The molecule has 1 aromatic heterocycles. The second-order valence-electron chi connectivity index (χ2n) is 3.35. The summed E-state index contributed by atoms with van der Waals surface area (Å²) in [6.45, 7) is 2.88. The van der Waals surface area contributed by atoms with Crippen molar-refractivity contribution in [2.24, 2.45) is 0 Å². The van der Waals surface area contributed by atoms with Crippen LogP contribution in [0.4, 0.5) is 17.5 Å². The van der Waals surface area contributed by atoms with Crippen molar-refractivity contribution in [3.8, 4) is 0 Å². The number of anilines is 2. The average molecular weight is 241 g/mol. The van der Waals surface area contributed by atoms with E-state index < -0.39 is 4.92 Å². The van der Waals surface area contributed by atoms with Crippen LogP contribution in [0.25, 0.3) is 0 Å². The minimum absolute atomic E-state index is 0.00644. The van der Waals surface area contributed by atoms with Crippen molar-refractivity contribution in [3.63, 3.8) is 0 Å². The van der Waals surface area contributed by atoms with Gasteiger partial charge in [-0.15, -0.1) is 0 Å². The van der Waals surface area contributed by atoms with Crippen molar-refractivity contribution < 1.29 is 10.0 Å². The molecule has 94 valence electrons. The van der Waals surface area contributed by atoms with Crippen LogP contribution >= 0.6 is 0 Å². The van der Waals surface area contributed by atoms with Gasteiger partial charge in [-0.05, 0) is 13.3 Å². The zero-order valence-corrected chi connectivity index (χ0v) is 9.54. The molecule has 3 N–H and O–H groups in total. The first-order valence-corrected chi connectivity index (χ1v) is 5.22. The van der Waals surface area contributed by atoms with Crippen LogP contribution in [0.5, 0.6) is 0 Å². The first kappa shape index (κ1) is 13.1. The Hall–Kier alpha value is -1.96. The molecule has 0 spiro atoms. The Balaban J connectivity index is 3.06. The van der Waals surface area contributed by atoms with E-state index in [0.717, 1.165) is 6.20 Å². The molecule has 17 heavy (non-hydrogen) atoms. The Bertz CT molecular complexity index is 398. The summed E-state index contributed by atoms with van der Waals surface area (Å²) in [5.74, 6) is 0.187. The molecular formula is C9H15N5O3. The lowest BCUT2D eigenvalue weighted by molar-refractivity contribution is -0.384. The van der Waals surface area contributed by atoms with E-state index in [2.05, 4.69) is 9.97 Å². The van der Waals surface area contributed by atoms with Gasteiger partial charge in [0.25, 0.3) is 0 Å². The average Bonchev–Trinajstić information content (AvgIpc) is 2.29. The topological polar surface area (TPSA) is 118 Å². The van der Waals surface area contributed by atoms with E-state index in [1.807, 2.05) is 6.92 Å². The molecule has 8 nitrogen and oxygen atoms in total. The first-order valence-electron chi connectivity index (χ1n) is 5.22. The highest BCUT2D eigenvalue weighted by molar-refractivity contribution is 5.58. The standard InChI is InChI=1S/C9H15N5O3/c1-2-13(4-3-5-15)8-7(14(16)17)6-11-9(10)12-8/h6,15H,2-5H2,1H3,(H2,10,11,12). The van der Waals surface area contributed by atoms with Crippen molar-refractivity contribution in [2.45, 2.75) is 13.3 Å². The van der Waals surface area contributed by atoms with Gasteiger partial charge in [-0.3, -0.25) is 10.1 Å². The van der Waals surface area contributed by atoms with Crippen LogP contribution < -0.4 is 10.6 Å². The number of nitrogens with two attached hydrogens (primary N) is 1. The smallest absolute Gasteiger partial charge is 0.329 e. The van der Waals surface area contributed by atoms with Crippen LogP contribution in [0.15, 0.2) is 6.20 Å². The lowest BCUT2D eigenvalue weighted by Crippen LogP contribution is -2.27. The molecule has 0 aromatic carbocycles. The highest BCUT2D eigenvalue weighted by atomic mass is 16.6. The predicted molar refractivity (Wildman–Crippen MR) is 62.7 cm³/mol. The quantitative estimate of drug-likeness (QED) is 0.538. The summed E-state index contributed by atoms with van der Waals surface area (Å²) < 4.78 is 0. The Kier molecular flexibility index (Phi) is 4.58. The van der Waals surface area contributed by atoms with Gasteiger partial charge >= 0.3 is 5.69 Å². The molecule has 1 aromatic rings. The van der Waals surface area contributed by atoms with Gasteiger partial charge in [0.1, 0.15) is 6.20 Å². The van der Waals surface area contributed by atoms with E-state index >= 15 is 0 Å². The van der Waals surface area contributed by atoms with Crippen LogP contribution in [-0.4, -0.2) is 39.7 Å². The molecule has 0 saturated carbocycles.